The summed E-state index contributed by atoms with van der Waals surface area (Å²) in [6.07, 6.45) is -0.902. The van der Waals surface area contributed by atoms with Gasteiger partial charge in [0.25, 0.3) is 0 Å². The average molecular weight is 295 g/mol. The molecule has 96 valence electrons. The molecular weight excluding hydrogens is 287 g/mol. The van der Waals surface area contributed by atoms with E-state index in [0.29, 0.717) is 27.3 Å². The molecule has 1 aliphatic carbocycles. The van der Waals surface area contributed by atoms with Crippen LogP contribution >= 0.6 is 23.2 Å². The Bertz CT molecular complexity index is 710. The van der Waals surface area contributed by atoms with Gasteiger partial charge in [-0.15, -0.1) is 0 Å². The molecule has 3 rings (SSSR count). The number of aromatic carboxylic acids is 1. The van der Waals surface area contributed by atoms with Crippen molar-refractivity contribution >= 4 is 29.2 Å². The van der Waals surface area contributed by atoms with Gasteiger partial charge in [-0.25, -0.2) is 4.79 Å². The summed E-state index contributed by atoms with van der Waals surface area (Å²) in [5.41, 5.74) is 2.38. The van der Waals surface area contributed by atoms with Crippen LogP contribution in [0.5, 0.6) is 0 Å². The lowest BCUT2D eigenvalue weighted by atomic mass is 9.99. The van der Waals surface area contributed by atoms with Crippen LogP contribution in [0.25, 0.3) is 11.1 Å². The molecule has 0 amide bonds. The van der Waals surface area contributed by atoms with Crippen molar-refractivity contribution in [2.24, 2.45) is 0 Å². The molecule has 0 fully saturated rings. The summed E-state index contributed by atoms with van der Waals surface area (Å²) in [5.74, 6) is -1.08. The molecule has 0 saturated heterocycles. The maximum absolute atomic E-state index is 11.3. The summed E-state index contributed by atoms with van der Waals surface area (Å²) in [5, 5.41) is 20.3. The normalized spacial score (nSPS) is 16.1. The fourth-order valence-corrected chi connectivity index (χ4v) is 2.88. The molecule has 2 N–H and O–H groups in total. The van der Waals surface area contributed by atoms with Crippen LogP contribution < -0.4 is 0 Å². The van der Waals surface area contributed by atoms with E-state index in [2.05, 4.69) is 0 Å². The van der Waals surface area contributed by atoms with Gasteiger partial charge in [-0.05, 0) is 41.0 Å². The van der Waals surface area contributed by atoms with E-state index in [-0.39, 0.29) is 10.6 Å². The minimum atomic E-state index is -1.08. The van der Waals surface area contributed by atoms with E-state index in [4.69, 9.17) is 23.2 Å². The van der Waals surface area contributed by atoms with Crippen LogP contribution in [0.3, 0.4) is 0 Å². The number of aliphatic hydroxyl groups excluding tert-OH is 1. The lowest BCUT2D eigenvalue weighted by molar-refractivity contribution is 0.0697. The predicted molar refractivity (Wildman–Crippen MR) is 72.9 cm³/mol. The summed E-state index contributed by atoms with van der Waals surface area (Å²) in [6.45, 7) is 0. The van der Waals surface area contributed by atoms with Crippen molar-refractivity contribution < 1.29 is 15.0 Å². The van der Waals surface area contributed by atoms with Crippen molar-refractivity contribution in [2.75, 3.05) is 0 Å². The van der Waals surface area contributed by atoms with Crippen LogP contribution in [0.15, 0.2) is 30.3 Å². The van der Waals surface area contributed by atoms with Crippen molar-refractivity contribution in [1.29, 1.82) is 0 Å². The SMILES string of the molecule is O=C(O)c1cc(Cl)cc2c1-c1ccc(Cl)cc1C2O. The van der Waals surface area contributed by atoms with Crippen LogP contribution in [-0.2, 0) is 0 Å². The summed E-state index contributed by atoms with van der Waals surface area (Å²) in [7, 11) is 0. The Morgan fingerprint density at radius 1 is 1.05 bits per heavy atom. The second kappa shape index (κ2) is 4.23. The first-order valence-corrected chi connectivity index (χ1v) is 6.29. The molecule has 1 aliphatic rings. The highest BCUT2D eigenvalue weighted by Gasteiger charge is 2.31. The zero-order valence-electron chi connectivity index (χ0n) is 9.52. The summed E-state index contributed by atoms with van der Waals surface area (Å²) in [4.78, 5) is 11.3. The Balaban J connectivity index is 2.38. The Labute approximate surface area is 119 Å². The highest BCUT2D eigenvalue weighted by atomic mass is 35.5. The third-order valence-corrected chi connectivity index (χ3v) is 3.69. The summed E-state index contributed by atoms with van der Waals surface area (Å²) >= 11 is 11.8. The molecule has 0 heterocycles. The molecule has 3 nitrogen and oxygen atoms in total. The molecule has 0 spiro atoms. The second-order valence-corrected chi connectivity index (χ2v) is 5.23. The quantitative estimate of drug-likeness (QED) is 0.842. The first-order chi connectivity index (χ1) is 8.99. The van der Waals surface area contributed by atoms with Gasteiger partial charge in [0.1, 0.15) is 6.10 Å². The number of hydrogen-bond donors (Lipinski definition) is 2. The van der Waals surface area contributed by atoms with Crippen molar-refractivity contribution in [2.45, 2.75) is 6.10 Å². The molecule has 19 heavy (non-hydrogen) atoms. The average Bonchev–Trinajstić information content (AvgIpc) is 2.62. The molecule has 0 radical (unpaired) electrons. The topological polar surface area (TPSA) is 57.5 Å². The number of carboxylic acid groups (broad SMARTS) is 1. The van der Waals surface area contributed by atoms with E-state index in [9.17, 15) is 15.0 Å². The second-order valence-electron chi connectivity index (χ2n) is 4.36. The maximum Gasteiger partial charge on any atom is 0.336 e. The lowest BCUT2D eigenvalue weighted by Crippen LogP contribution is -2.01. The number of halogens is 2. The number of hydrogen-bond acceptors (Lipinski definition) is 2. The van der Waals surface area contributed by atoms with Crippen LogP contribution in [0.2, 0.25) is 10.0 Å². The highest BCUT2D eigenvalue weighted by Crippen LogP contribution is 2.47. The molecule has 1 atom stereocenters. The maximum atomic E-state index is 11.3. The van der Waals surface area contributed by atoms with Gasteiger partial charge in [0, 0.05) is 15.6 Å². The number of aliphatic hydroxyl groups is 1. The third-order valence-electron chi connectivity index (χ3n) is 3.24. The van der Waals surface area contributed by atoms with E-state index in [1.165, 1.54) is 6.07 Å². The molecular formula is C14H8Cl2O3. The predicted octanol–water partition coefficient (Wildman–Crippen LogP) is 3.75. The Kier molecular flexibility index (Phi) is 2.78. The van der Waals surface area contributed by atoms with Gasteiger partial charge in [-0.3, -0.25) is 0 Å². The Hall–Kier alpha value is -1.55. The number of carbonyl (C=O) groups is 1. The number of carboxylic acids is 1. The third kappa shape index (κ3) is 1.82. The van der Waals surface area contributed by atoms with Gasteiger partial charge in [0.15, 0.2) is 0 Å². The number of fused-ring (bicyclic) bond motifs is 3. The van der Waals surface area contributed by atoms with Gasteiger partial charge in [0.05, 0.1) is 5.56 Å². The monoisotopic (exact) mass is 294 g/mol. The van der Waals surface area contributed by atoms with Gasteiger partial charge in [0.2, 0.25) is 0 Å². The largest absolute Gasteiger partial charge is 0.478 e. The first kappa shape index (κ1) is 12.5. The molecule has 0 saturated carbocycles. The van der Waals surface area contributed by atoms with Crippen molar-refractivity contribution in [1.82, 2.24) is 0 Å². The molecule has 0 bridgehead atoms. The summed E-state index contributed by atoms with van der Waals surface area (Å²) < 4.78 is 0. The fourth-order valence-electron chi connectivity index (χ4n) is 2.47. The van der Waals surface area contributed by atoms with Gasteiger partial charge in [-0.1, -0.05) is 29.3 Å². The number of rotatable bonds is 1. The Morgan fingerprint density at radius 3 is 2.42 bits per heavy atom. The van der Waals surface area contributed by atoms with Crippen molar-refractivity contribution in [3.63, 3.8) is 0 Å². The molecule has 2 aromatic rings. The molecule has 0 aliphatic heterocycles. The zero-order valence-corrected chi connectivity index (χ0v) is 11.0. The molecule has 2 aromatic carbocycles. The minimum Gasteiger partial charge on any atom is -0.478 e. The smallest absolute Gasteiger partial charge is 0.336 e. The van der Waals surface area contributed by atoms with E-state index in [1.54, 1.807) is 24.3 Å². The molecule has 0 aromatic heterocycles. The van der Waals surface area contributed by atoms with E-state index in [0.717, 1.165) is 0 Å². The minimum absolute atomic E-state index is 0.0858. The first-order valence-electron chi connectivity index (χ1n) is 5.53. The van der Waals surface area contributed by atoms with Gasteiger partial charge >= 0.3 is 5.97 Å². The number of benzene rings is 2. The van der Waals surface area contributed by atoms with Crippen LogP contribution in [0.4, 0.5) is 0 Å². The van der Waals surface area contributed by atoms with E-state index < -0.39 is 12.1 Å². The molecule has 5 heteroatoms. The van der Waals surface area contributed by atoms with Crippen molar-refractivity contribution in [3.05, 3.63) is 57.1 Å². The fraction of sp³-hybridized carbons (Fsp3) is 0.0714. The molecule has 1 unspecified atom stereocenters. The Morgan fingerprint density at radius 2 is 1.74 bits per heavy atom. The van der Waals surface area contributed by atoms with Crippen LogP contribution in [-0.4, -0.2) is 16.2 Å². The van der Waals surface area contributed by atoms with E-state index in [1.807, 2.05) is 0 Å². The zero-order chi connectivity index (χ0) is 13.7. The highest BCUT2D eigenvalue weighted by molar-refractivity contribution is 6.31. The summed E-state index contributed by atoms with van der Waals surface area (Å²) in [6, 6.07) is 8.00. The van der Waals surface area contributed by atoms with Gasteiger partial charge < -0.3 is 10.2 Å². The van der Waals surface area contributed by atoms with Gasteiger partial charge in [-0.2, -0.15) is 0 Å². The van der Waals surface area contributed by atoms with E-state index >= 15 is 0 Å². The van der Waals surface area contributed by atoms with Crippen molar-refractivity contribution in [3.8, 4) is 11.1 Å². The standard InChI is InChI=1S/C14H8Cl2O3/c15-6-1-2-8-9(3-6)13(17)10-4-7(16)5-11(12(8)10)14(18)19/h1-5,13,17H,(H,18,19). The van der Waals surface area contributed by atoms with Crippen LogP contribution in [0.1, 0.15) is 27.6 Å². The van der Waals surface area contributed by atoms with Crippen LogP contribution in [0, 0.1) is 0 Å². The lowest BCUT2D eigenvalue weighted by Gasteiger charge is -2.07.